The third-order valence-corrected chi connectivity index (χ3v) is 4.23. The Morgan fingerprint density at radius 2 is 2.19 bits per heavy atom. The van der Waals surface area contributed by atoms with E-state index in [1.807, 2.05) is 26.1 Å². The topological polar surface area (TPSA) is 48.3 Å². The molecule has 0 fully saturated rings. The quantitative estimate of drug-likeness (QED) is 0.817. The van der Waals surface area contributed by atoms with Crippen LogP contribution in [0.15, 0.2) is 24.3 Å². The lowest BCUT2D eigenvalue weighted by Gasteiger charge is -2.22. The minimum atomic E-state index is -0.394. The summed E-state index contributed by atoms with van der Waals surface area (Å²) in [4.78, 5) is 2.44. The largest absolute Gasteiger partial charge is 0.492 e. The van der Waals surface area contributed by atoms with Crippen molar-refractivity contribution in [2.24, 2.45) is 0 Å². The summed E-state index contributed by atoms with van der Waals surface area (Å²) in [6, 6.07) is 10.6. The first kappa shape index (κ1) is 15.8. The van der Waals surface area contributed by atoms with Gasteiger partial charge < -0.3 is 10.1 Å². The van der Waals surface area contributed by atoms with Crippen LogP contribution in [0.4, 0.5) is 0 Å². The molecule has 0 aliphatic carbocycles. The summed E-state index contributed by atoms with van der Waals surface area (Å²) < 4.78 is 5.78. The van der Waals surface area contributed by atoms with Gasteiger partial charge in [0.25, 0.3) is 0 Å². The van der Waals surface area contributed by atoms with E-state index in [9.17, 15) is 0 Å². The van der Waals surface area contributed by atoms with Crippen molar-refractivity contribution in [2.45, 2.75) is 38.3 Å². The van der Waals surface area contributed by atoms with Gasteiger partial charge in [-0.1, -0.05) is 18.2 Å². The lowest BCUT2D eigenvalue weighted by atomic mass is 9.97. The van der Waals surface area contributed by atoms with Crippen molar-refractivity contribution < 1.29 is 4.74 Å². The van der Waals surface area contributed by atoms with Crippen LogP contribution < -0.4 is 10.1 Å². The fourth-order valence-electron chi connectivity index (χ4n) is 2.62. The highest BCUT2D eigenvalue weighted by molar-refractivity contribution is 5.33. The third kappa shape index (κ3) is 4.45. The number of benzene rings is 1. The summed E-state index contributed by atoms with van der Waals surface area (Å²) >= 11 is 0. The zero-order chi connectivity index (χ0) is 15.1. The molecule has 4 heteroatoms. The molecule has 0 amide bonds. The number of para-hydroxylation sites is 1. The standard InChI is InChI=1S/C17H25N3O/c1-17(14-18,19-2)9-5-6-10-20-11-12-21-16-8-4-3-7-15(16)13-20/h3-4,7-8,19H,5-6,9-13H2,1-2H3. The van der Waals surface area contributed by atoms with Gasteiger partial charge in [0, 0.05) is 18.7 Å². The molecule has 0 radical (unpaired) electrons. The number of nitrogens with one attached hydrogen (secondary N) is 1. The summed E-state index contributed by atoms with van der Waals surface area (Å²) in [5.74, 6) is 1.02. The van der Waals surface area contributed by atoms with E-state index in [2.05, 4.69) is 28.4 Å². The molecule has 1 aromatic carbocycles. The van der Waals surface area contributed by atoms with Crippen molar-refractivity contribution >= 4 is 0 Å². The van der Waals surface area contributed by atoms with Crippen LogP contribution in [-0.2, 0) is 6.54 Å². The highest BCUT2D eigenvalue weighted by atomic mass is 16.5. The molecule has 0 saturated heterocycles. The maximum atomic E-state index is 9.14. The second-order valence-corrected chi connectivity index (χ2v) is 5.88. The number of fused-ring (bicyclic) bond motifs is 1. The zero-order valence-corrected chi connectivity index (χ0v) is 13.1. The Hall–Kier alpha value is -1.57. The minimum Gasteiger partial charge on any atom is -0.492 e. The van der Waals surface area contributed by atoms with Crippen LogP contribution in [0.5, 0.6) is 5.75 Å². The van der Waals surface area contributed by atoms with Gasteiger partial charge in [-0.25, -0.2) is 0 Å². The van der Waals surface area contributed by atoms with Crippen molar-refractivity contribution in [3.05, 3.63) is 29.8 Å². The van der Waals surface area contributed by atoms with Crippen molar-refractivity contribution in [3.8, 4) is 11.8 Å². The Morgan fingerprint density at radius 3 is 2.95 bits per heavy atom. The number of hydrogen-bond acceptors (Lipinski definition) is 4. The number of hydrogen-bond donors (Lipinski definition) is 1. The number of ether oxygens (including phenoxy) is 1. The molecule has 1 atom stereocenters. The molecule has 1 aliphatic rings. The Labute approximate surface area is 127 Å². The molecule has 1 heterocycles. The molecule has 1 N–H and O–H groups in total. The van der Waals surface area contributed by atoms with E-state index in [-0.39, 0.29) is 0 Å². The Balaban J connectivity index is 1.78. The van der Waals surface area contributed by atoms with Gasteiger partial charge in [0.15, 0.2) is 0 Å². The summed E-state index contributed by atoms with van der Waals surface area (Å²) in [6.45, 7) is 5.70. The molecule has 0 bridgehead atoms. The van der Waals surface area contributed by atoms with Gasteiger partial charge in [0.2, 0.25) is 0 Å². The van der Waals surface area contributed by atoms with E-state index in [1.54, 1.807) is 0 Å². The molecule has 21 heavy (non-hydrogen) atoms. The maximum absolute atomic E-state index is 9.14. The molecule has 1 aromatic rings. The number of nitriles is 1. The average molecular weight is 287 g/mol. The van der Waals surface area contributed by atoms with E-state index >= 15 is 0 Å². The predicted molar refractivity (Wildman–Crippen MR) is 84.1 cm³/mol. The van der Waals surface area contributed by atoms with E-state index in [0.29, 0.717) is 0 Å². The van der Waals surface area contributed by atoms with Crippen LogP contribution >= 0.6 is 0 Å². The summed E-state index contributed by atoms with van der Waals surface area (Å²) in [7, 11) is 1.85. The summed E-state index contributed by atoms with van der Waals surface area (Å²) in [5, 5.41) is 12.2. The average Bonchev–Trinajstić information content (AvgIpc) is 2.73. The summed E-state index contributed by atoms with van der Waals surface area (Å²) in [5.41, 5.74) is 0.876. The second kappa shape index (κ2) is 7.44. The summed E-state index contributed by atoms with van der Waals surface area (Å²) in [6.07, 6.45) is 3.06. The van der Waals surface area contributed by atoms with Crippen molar-refractivity contribution in [2.75, 3.05) is 26.7 Å². The number of rotatable bonds is 6. The van der Waals surface area contributed by atoms with Crippen molar-refractivity contribution in [1.29, 1.82) is 5.26 Å². The number of nitrogens with zero attached hydrogens (tertiary/aromatic N) is 2. The van der Waals surface area contributed by atoms with Crippen LogP contribution in [0, 0.1) is 11.3 Å². The van der Waals surface area contributed by atoms with Crippen LogP contribution in [0.25, 0.3) is 0 Å². The zero-order valence-electron chi connectivity index (χ0n) is 13.1. The minimum absolute atomic E-state index is 0.394. The van der Waals surface area contributed by atoms with Crippen LogP contribution in [0.1, 0.15) is 31.7 Å². The van der Waals surface area contributed by atoms with Gasteiger partial charge in [0.1, 0.15) is 17.9 Å². The third-order valence-electron chi connectivity index (χ3n) is 4.23. The van der Waals surface area contributed by atoms with E-state index < -0.39 is 5.54 Å². The fraction of sp³-hybridized carbons (Fsp3) is 0.588. The molecular weight excluding hydrogens is 262 g/mol. The smallest absolute Gasteiger partial charge is 0.123 e. The van der Waals surface area contributed by atoms with Crippen LogP contribution in [0.3, 0.4) is 0 Å². The van der Waals surface area contributed by atoms with Gasteiger partial charge in [-0.05, 0) is 45.8 Å². The number of unbranched alkanes of at least 4 members (excludes halogenated alkanes) is 1. The van der Waals surface area contributed by atoms with Crippen LogP contribution in [-0.4, -0.2) is 37.2 Å². The molecule has 1 unspecified atom stereocenters. The Morgan fingerprint density at radius 1 is 1.38 bits per heavy atom. The monoisotopic (exact) mass is 287 g/mol. The molecule has 114 valence electrons. The van der Waals surface area contributed by atoms with E-state index in [1.165, 1.54) is 5.56 Å². The second-order valence-electron chi connectivity index (χ2n) is 5.88. The van der Waals surface area contributed by atoms with Crippen LogP contribution in [0.2, 0.25) is 0 Å². The van der Waals surface area contributed by atoms with Gasteiger partial charge in [-0.3, -0.25) is 4.90 Å². The molecule has 4 nitrogen and oxygen atoms in total. The van der Waals surface area contributed by atoms with Gasteiger partial charge in [-0.15, -0.1) is 0 Å². The maximum Gasteiger partial charge on any atom is 0.123 e. The predicted octanol–water partition coefficient (Wildman–Crippen LogP) is 2.55. The first-order valence-corrected chi connectivity index (χ1v) is 7.70. The Bertz CT molecular complexity index is 497. The molecule has 2 rings (SSSR count). The lowest BCUT2D eigenvalue weighted by molar-refractivity contribution is 0.220. The fourth-order valence-corrected chi connectivity index (χ4v) is 2.62. The van der Waals surface area contributed by atoms with Gasteiger partial charge in [-0.2, -0.15) is 5.26 Å². The van der Waals surface area contributed by atoms with Gasteiger partial charge >= 0.3 is 0 Å². The molecule has 1 aliphatic heterocycles. The molecule has 0 spiro atoms. The van der Waals surface area contributed by atoms with E-state index in [4.69, 9.17) is 10.00 Å². The SMILES string of the molecule is CNC(C)(C#N)CCCCN1CCOc2ccccc2C1. The highest BCUT2D eigenvalue weighted by Gasteiger charge is 2.20. The van der Waals surface area contributed by atoms with E-state index in [0.717, 1.165) is 51.3 Å². The van der Waals surface area contributed by atoms with Crippen molar-refractivity contribution in [3.63, 3.8) is 0 Å². The molecular formula is C17H25N3O. The molecule has 0 aromatic heterocycles. The van der Waals surface area contributed by atoms with Gasteiger partial charge in [0.05, 0.1) is 6.07 Å². The van der Waals surface area contributed by atoms with Crippen molar-refractivity contribution in [1.82, 2.24) is 10.2 Å². The lowest BCUT2D eigenvalue weighted by Crippen LogP contribution is -2.38. The normalized spacial score (nSPS) is 18.0. The first-order valence-electron chi connectivity index (χ1n) is 7.70. The Kier molecular flexibility index (Phi) is 5.60. The molecule has 0 saturated carbocycles. The highest BCUT2D eigenvalue weighted by Crippen LogP contribution is 2.22. The first-order chi connectivity index (χ1) is 10.2.